The highest BCUT2D eigenvalue weighted by Gasteiger charge is 2.14. The molecule has 1 N–H and O–H groups in total. The molecule has 2 aromatic carbocycles. The van der Waals surface area contributed by atoms with Gasteiger partial charge >= 0.3 is 5.69 Å². The van der Waals surface area contributed by atoms with Crippen molar-refractivity contribution in [2.75, 3.05) is 7.11 Å². The van der Waals surface area contributed by atoms with E-state index in [9.17, 15) is 14.0 Å². The summed E-state index contributed by atoms with van der Waals surface area (Å²) < 4.78 is 21.9. The Morgan fingerprint density at radius 3 is 2.59 bits per heavy atom. The molecule has 0 fully saturated rings. The first-order valence-electron chi connectivity index (χ1n) is 8.69. The molecular weight excluding hydrogens is 349 g/mol. The summed E-state index contributed by atoms with van der Waals surface area (Å²) in [6, 6.07) is 11.7. The second kappa shape index (κ2) is 7.65. The average molecular weight is 371 g/mol. The van der Waals surface area contributed by atoms with E-state index in [0.29, 0.717) is 5.56 Å². The smallest absolute Gasteiger partial charge is 0.328 e. The van der Waals surface area contributed by atoms with Gasteiger partial charge in [-0.15, -0.1) is 0 Å². The number of halogens is 1. The number of carbonyl (C=O) groups excluding carboxylic acids is 1. The number of imidazole rings is 1. The molecule has 0 aliphatic heterocycles. The van der Waals surface area contributed by atoms with Crippen LogP contribution in [0.4, 0.5) is 4.39 Å². The minimum absolute atomic E-state index is 0.150. The van der Waals surface area contributed by atoms with Crippen LogP contribution in [0.5, 0.6) is 5.75 Å². The van der Waals surface area contributed by atoms with Crippen LogP contribution in [0.2, 0.25) is 0 Å². The van der Waals surface area contributed by atoms with E-state index in [4.69, 9.17) is 4.74 Å². The SMILES string of the molecule is COc1ccc(C(C)NC(=O)CCn2c(=O)n(C)c3ccccc32)cc1F. The minimum Gasteiger partial charge on any atom is -0.494 e. The van der Waals surface area contributed by atoms with Gasteiger partial charge in [-0.25, -0.2) is 9.18 Å². The summed E-state index contributed by atoms with van der Waals surface area (Å²) in [6.45, 7) is 2.05. The number of hydrogen-bond donors (Lipinski definition) is 1. The van der Waals surface area contributed by atoms with Gasteiger partial charge in [0.1, 0.15) is 0 Å². The Bertz CT molecular complexity index is 1040. The van der Waals surface area contributed by atoms with Gasteiger partial charge in [0.15, 0.2) is 11.6 Å². The Morgan fingerprint density at radius 2 is 1.93 bits per heavy atom. The highest BCUT2D eigenvalue weighted by molar-refractivity contribution is 5.78. The molecule has 7 heteroatoms. The number of ether oxygens (including phenoxy) is 1. The quantitative estimate of drug-likeness (QED) is 0.725. The number of carbonyl (C=O) groups is 1. The van der Waals surface area contributed by atoms with E-state index in [2.05, 4.69) is 5.32 Å². The molecule has 1 heterocycles. The van der Waals surface area contributed by atoms with Gasteiger partial charge in [-0.05, 0) is 36.8 Å². The van der Waals surface area contributed by atoms with E-state index in [1.807, 2.05) is 24.3 Å². The van der Waals surface area contributed by atoms with Gasteiger partial charge in [-0.2, -0.15) is 0 Å². The maximum atomic E-state index is 13.8. The lowest BCUT2D eigenvalue weighted by Crippen LogP contribution is -2.29. The third-order valence-corrected chi connectivity index (χ3v) is 4.67. The molecular formula is C20H22FN3O3. The predicted molar refractivity (Wildman–Crippen MR) is 101 cm³/mol. The van der Waals surface area contributed by atoms with Crippen molar-refractivity contribution in [3.8, 4) is 5.75 Å². The van der Waals surface area contributed by atoms with E-state index < -0.39 is 5.82 Å². The second-order valence-corrected chi connectivity index (χ2v) is 6.42. The molecule has 0 bridgehead atoms. The maximum Gasteiger partial charge on any atom is 0.328 e. The zero-order valence-corrected chi connectivity index (χ0v) is 15.5. The number of nitrogens with one attached hydrogen (secondary N) is 1. The Hall–Kier alpha value is -3.09. The van der Waals surface area contributed by atoms with Crippen molar-refractivity contribution in [3.63, 3.8) is 0 Å². The second-order valence-electron chi connectivity index (χ2n) is 6.42. The summed E-state index contributed by atoms with van der Waals surface area (Å²) in [5.41, 5.74) is 2.10. The van der Waals surface area contributed by atoms with Crippen molar-refractivity contribution in [3.05, 3.63) is 64.3 Å². The number of fused-ring (bicyclic) bond motifs is 1. The third kappa shape index (κ3) is 3.72. The molecule has 27 heavy (non-hydrogen) atoms. The van der Waals surface area contributed by atoms with Crippen LogP contribution in [0.1, 0.15) is 24.9 Å². The summed E-state index contributed by atoms with van der Waals surface area (Å²) in [5, 5.41) is 2.84. The van der Waals surface area contributed by atoms with Crippen LogP contribution >= 0.6 is 0 Å². The molecule has 0 aliphatic rings. The van der Waals surface area contributed by atoms with Gasteiger partial charge in [-0.3, -0.25) is 13.9 Å². The standard InChI is InChI=1S/C20H22FN3O3/c1-13(14-8-9-18(27-3)15(21)12-14)22-19(25)10-11-24-17-7-5-4-6-16(17)23(2)20(24)26/h4-9,12-13H,10-11H2,1-3H3,(H,22,25). The topological polar surface area (TPSA) is 65.3 Å². The van der Waals surface area contributed by atoms with E-state index in [-0.39, 0.29) is 36.4 Å². The van der Waals surface area contributed by atoms with Crippen LogP contribution < -0.4 is 15.7 Å². The normalized spacial score (nSPS) is 12.1. The molecule has 0 saturated heterocycles. The predicted octanol–water partition coefficient (Wildman–Crippen LogP) is 2.76. The third-order valence-electron chi connectivity index (χ3n) is 4.67. The monoisotopic (exact) mass is 371 g/mol. The average Bonchev–Trinajstić information content (AvgIpc) is 2.90. The summed E-state index contributed by atoms with van der Waals surface area (Å²) in [5.74, 6) is -0.524. The number of amides is 1. The molecule has 0 saturated carbocycles. The van der Waals surface area contributed by atoms with Crippen LogP contribution in [-0.2, 0) is 18.4 Å². The summed E-state index contributed by atoms with van der Waals surface area (Å²) >= 11 is 0. The van der Waals surface area contributed by atoms with Gasteiger partial charge in [-0.1, -0.05) is 18.2 Å². The first kappa shape index (κ1) is 18.7. The highest BCUT2D eigenvalue weighted by Crippen LogP contribution is 2.21. The van der Waals surface area contributed by atoms with E-state index >= 15 is 0 Å². The summed E-state index contributed by atoms with van der Waals surface area (Å²) in [4.78, 5) is 24.7. The Kier molecular flexibility index (Phi) is 5.30. The fraction of sp³-hybridized carbons (Fsp3) is 0.300. The summed E-state index contributed by atoms with van der Waals surface area (Å²) in [7, 11) is 3.11. The molecule has 1 amide bonds. The van der Waals surface area contributed by atoms with Crippen LogP contribution in [0.3, 0.4) is 0 Å². The molecule has 1 atom stereocenters. The van der Waals surface area contributed by atoms with Crippen molar-refractivity contribution < 1.29 is 13.9 Å². The van der Waals surface area contributed by atoms with Crippen LogP contribution in [-0.4, -0.2) is 22.2 Å². The van der Waals surface area contributed by atoms with Crippen LogP contribution in [0.15, 0.2) is 47.3 Å². The van der Waals surface area contributed by atoms with Crippen molar-refractivity contribution in [2.45, 2.75) is 25.9 Å². The molecule has 3 aromatic rings. The van der Waals surface area contributed by atoms with Crippen molar-refractivity contribution >= 4 is 16.9 Å². The minimum atomic E-state index is -0.474. The fourth-order valence-corrected chi connectivity index (χ4v) is 3.14. The number of aromatic nitrogens is 2. The fourth-order valence-electron chi connectivity index (χ4n) is 3.14. The van der Waals surface area contributed by atoms with E-state index in [0.717, 1.165) is 11.0 Å². The van der Waals surface area contributed by atoms with Crippen LogP contribution in [0, 0.1) is 5.82 Å². The Morgan fingerprint density at radius 1 is 1.22 bits per heavy atom. The number of para-hydroxylation sites is 2. The lowest BCUT2D eigenvalue weighted by molar-refractivity contribution is -0.121. The maximum absolute atomic E-state index is 13.8. The molecule has 0 aliphatic carbocycles. The molecule has 0 radical (unpaired) electrons. The molecule has 0 spiro atoms. The van der Waals surface area contributed by atoms with Gasteiger partial charge in [0, 0.05) is 20.0 Å². The zero-order chi connectivity index (χ0) is 19.6. The van der Waals surface area contributed by atoms with Gasteiger partial charge < -0.3 is 10.1 Å². The first-order chi connectivity index (χ1) is 12.9. The van der Waals surface area contributed by atoms with Crippen molar-refractivity contribution in [2.24, 2.45) is 7.05 Å². The van der Waals surface area contributed by atoms with Crippen molar-refractivity contribution in [1.29, 1.82) is 0 Å². The Balaban J connectivity index is 1.68. The zero-order valence-electron chi connectivity index (χ0n) is 15.5. The van der Waals surface area contributed by atoms with Crippen molar-refractivity contribution in [1.82, 2.24) is 14.5 Å². The number of benzene rings is 2. The van der Waals surface area contributed by atoms with E-state index in [1.165, 1.54) is 19.2 Å². The van der Waals surface area contributed by atoms with E-state index in [1.54, 1.807) is 29.2 Å². The molecule has 6 nitrogen and oxygen atoms in total. The molecule has 1 unspecified atom stereocenters. The lowest BCUT2D eigenvalue weighted by atomic mass is 10.1. The molecule has 3 rings (SSSR count). The molecule has 1 aromatic heterocycles. The number of nitrogens with zero attached hydrogens (tertiary/aromatic N) is 2. The number of rotatable bonds is 6. The lowest BCUT2D eigenvalue weighted by Gasteiger charge is -2.15. The molecule has 142 valence electrons. The summed E-state index contributed by atoms with van der Waals surface area (Å²) in [6.07, 6.45) is 0.150. The highest BCUT2D eigenvalue weighted by atomic mass is 19.1. The number of aryl methyl sites for hydroxylation is 2. The van der Waals surface area contributed by atoms with Gasteiger partial charge in [0.25, 0.3) is 0 Å². The van der Waals surface area contributed by atoms with Crippen LogP contribution in [0.25, 0.3) is 11.0 Å². The number of methoxy groups -OCH3 is 1. The largest absolute Gasteiger partial charge is 0.494 e. The first-order valence-corrected chi connectivity index (χ1v) is 8.69. The van der Waals surface area contributed by atoms with Gasteiger partial charge in [0.2, 0.25) is 5.91 Å². The van der Waals surface area contributed by atoms with Gasteiger partial charge in [0.05, 0.1) is 24.2 Å². The Labute approximate surface area is 156 Å². The number of hydrogen-bond acceptors (Lipinski definition) is 3.